The van der Waals surface area contributed by atoms with Crippen molar-refractivity contribution in [2.75, 3.05) is 39.3 Å². The van der Waals surface area contributed by atoms with E-state index in [0.717, 1.165) is 93.6 Å². The van der Waals surface area contributed by atoms with Gasteiger partial charge in [-0.3, -0.25) is 29.1 Å². The van der Waals surface area contributed by atoms with Crippen molar-refractivity contribution in [3.05, 3.63) is 104 Å². The molecular weight excluding hydrogens is 817 g/mol. The van der Waals surface area contributed by atoms with Crippen LogP contribution in [0.4, 0.5) is 0 Å². The van der Waals surface area contributed by atoms with Gasteiger partial charge < -0.3 is 0 Å². The van der Waals surface area contributed by atoms with Crippen LogP contribution in [0.5, 0.6) is 0 Å². The topological polar surface area (TPSA) is 60.9 Å². The molecule has 0 N–H and O–H groups in total. The Balaban J connectivity index is 0.000000190. The Labute approximate surface area is 358 Å². The predicted octanol–water partition coefficient (Wildman–Crippen LogP) is 10.9. The van der Waals surface area contributed by atoms with Gasteiger partial charge in [-0.05, 0) is 164 Å². The van der Waals surface area contributed by atoms with Crippen molar-refractivity contribution >= 4 is 39.9 Å². The summed E-state index contributed by atoms with van der Waals surface area (Å²) < 4.78 is 1.18. The third-order valence-electron chi connectivity index (χ3n) is 11.4. The van der Waals surface area contributed by atoms with Gasteiger partial charge in [0.15, 0.2) is 17.3 Å². The Morgan fingerprint density at radius 3 is 1.30 bits per heavy atom. The SMILES string of the molecule is CC#Cc1ccc(C(=O)C(CCC)N2CCCC2)cc1.CCCC(C(=O)c1ccc(I)cc1)N1CCCC1.Cc1ccc(C(=O)C(CC(C)C)N2CCCC2)cc1. The predicted molar refractivity (Wildman–Crippen MR) is 245 cm³/mol. The maximum absolute atomic E-state index is 12.7. The van der Waals surface area contributed by atoms with Gasteiger partial charge in [0.2, 0.25) is 0 Å². The van der Waals surface area contributed by atoms with Crippen molar-refractivity contribution in [2.24, 2.45) is 5.92 Å². The van der Waals surface area contributed by atoms with E-state index >= 15 is 0 Å². The summed E-state index contributed by atoms with van der Waals surface area (Å²) in [5.41, 5.74) is 4.72. The molecule has 7 heteroatoms. The standard InChI is InChI=1S/C18H23NO.C17H25NO.C15H20INO/c1-3-7-15-9-11-16(12-10-15)18(20)17(8-4-2)19-13-5-6-14-19;1-13(2)12-16(18-10-4-5-11-18)17(19)15-8-6-14(3)7-9-15;1-2-5-14(17-10-3-4-11-17)15(18)12-6-8-13(16)9-7-12/h9-12,17H,4-6,8,13-14H2,1-2H3;6-9,13,16H,4-5,10-12H2,1-3H3;6-9,14H,2-5,10-11H2,1H3. The van der Waals surface area contributed by atoms with Crippen molar-refractivity contribution in [1.82, 2.24) is 14.7 Å². The largest absolute Gasteiger partial charge is 0.293 e. The van der Waals surface area contributed by atoms with E-state index in [0.29, 0.717) is 17.5 Å². The number of halogens is 1. The molecule has 0 radical (unpaired) electrons. The molecule has 6 rings (SSSR count). The number of carbonyl (C=O) groups excluding carboxylic acids is 3. The van der Waals surface area contributed by atoms with Crippen LogP contribution in [0.25, 0.3) is 0 Å². The molecule has 3 aromatic carbocycles. The number of hydrogen-bond acceptors (Lipinski definition) is 6. The van der Waals surface area contributed by atoms with Crippen molar-refractivity contribution in [1.29, 1.82) is 0 Å². The number of nitrogens with zero attached hydrogens (tertiary/aromatic N) is 3. The number of hydrogen-bond donors (Lipinski definition) is 0. The molecule has 3 atom stereocenters. The molecule has 3 heterocycles. The van der Waals surface area contributed by atoms with Crippen molar-refractivity contribution in [2.45, 2.75) is 130 Å². The van der Waals surface area contributed by atoms with Crippen molar-refractivity contribution in [3.8, 4) is 11.8 Å². The molecular formula is C50H68IN3O3. The first-order valence-electron chi connectivity index (χ1n) is 21.8. The fraction of sp³-hybridized carbons (Fsp3) is 0.540. The second-order valence-electron chi connectivity index (χ2n) is 16.4. The Morgan fingerprint density at radius 1 is 0.579 bits per heavy atom. The minimum atomic E-state index is 0.0607. The average molecular weight is 886 g/mol. The molecule has 3 aliphatic heterocycles. The van der Waals surface area contributed by atoms with Crippen LogP contribution in [-0.4, -0.2) is 89.4 Å². The van der Waals surface area contributed by atoms with Crippen LogP contribution < -0.4 is 0 Å². The van der Waals surface area contributed by atoms with Crippen LogP contribution in [0.1, 0.15) is 147 Å². The highest BCUT2D eigenvalue weighted by Gasteiger charge is 2.31. The molecule has 57 heavy (non-hydrogen) atoms. The third-order valence-corrected chi connectivity index (χ3v) is 12.1. The monoisotopic (exact) mass is 885 g/mol. The Kier molecular flexibility index (Phi) is 20.2. The number of likely N-dealkylation sites (tertiary alicyclic amines) is 3. The van der Waals surface area contributed by atoms with Crippen LogP contribution in [0.15, 0.2) is 72.8 Å². The lowest BCUT2D eigenvalue weighted by Crippen LogP contribution is -2.40. The second kappa shape index (κ2) is 24.7. The van der Waals surface area contributed by atoms with E-state index in [1.54, 1.807) is 0 Å². The Hall–Kier alpha value is -3.16. The van der Waals surface area contributed by atoms with E-state index in [1.165, 1.54) is 47.7 Å². The van der Waals surface area contributed by atoms with Crippen LogP contribution in [0, 0.1) is 28.3 Å². The van der Waals surface area contributed by atoms with Gasteiger partial charge in [-0.25, -0.2) is 0 Å². The molecule has 0 bridgehead atoms. The number of carbonyl (C=O) groups is 3. The molecule has 3 fully saturated rings. The van der Waals surface area contributed by atoms with Gasteiger partial charge in [0, 0.05) is 25.8 Å². The van der Waals surface area contributed by atoms with Crippen LogP contribution >= 0.6 is 22.6 Å². The molecule has 0 aromatic heterocycles. The first-order valence-corrected chi connectivity index (χ1v) is 22.8. The van der Waals surface area contributed by atoms with Crippen molar-refractivity contribution in [3.63, 3.8) is 0 Å². The zero-order valence-corrected chi connectivity index (χ0v) is 37.9. The summed E-state index contributed by atoms with van der Waals surface area (Å²) in [5.74, 6) is 7.32. The van der Waals surface area contributed by atoms with Gasteiger partial charge in [0.25, 0.3) is 0 Å². The van der Waals surface area contributed by atoms with E-state index in [2.05, 4.69) is 83.8 Å². The van der Waals surface area contributed by atoms with Gasteiger partial charge in [-0.15, -0.1) is 5.92 Å². The number of Topliss-reactive ketones (excluding diaryl/α,β-unsaturated/α-hetero) is 3. The van der Waals surface area contributed by atoms with Gasteiger partial charge in [0.1, 0.15) is 0 Å². The zero-order valence-electron chi connectivity index (χ0n) is 35.7. The summed E-state index contributed by atoms with van der Waals surface area (Å²) >= 11 is 2.27. The van der Waals surface area contributed by atoms with Crippen LogP contribution in [0.2, 0.25) is 0 Å². The quantitative estimate of drug-likeness (QED) is 0.0861. The Bertz CT molecular complexity index is 1720. The summed E-state index contributed by atoms with van der Waals surface area (Å²) in [6, 6.07) is 23.9. The van der Waals surface area contributed by atoms with Gasteiger partial charge in [0.05, 0.1) is 18.1 Å². The Morgan fingerprint density at radius 2 is 0.930 bits per heavy atom. The highest BCUT2D eigenvalue weighted by molar-refractivity contribution is 14.1. The summed E-state index contributed by atoms with van der Waals surface area (Å²) in [7, 11) is 0. The summed E-state index contributed by atoms with van der Waals surface area (Å²) in [4.78, 5) is 45.1. The first kappa shape index (κ1) is 46.5. The highest BCUT2D eigenvalue weighted by atomic mass is 127. The number of benzene rings is 3. The highest BCUT2D eigenvalue weighted by Crippen LogP contribution is 2.23. The van der Waals surface area contributed by atoms with Crippen molar-refractivity contribution < 1.29 is 14.4 Å². The number of rotatable bonds is 15. The smallest absolute Gasteiger partial charge is 0.179 e. The lowest BCUT2D eigenvalue weighted by Gasteiger charge is -2.27. The molecule has 3 aromatic rings. The average Bonchev–Trinajstić information content (AvgIpc) is 4.05. The maximum atomic E-state index is 12.7. The summed E-state index contributed by atoms with van der Waals surface area (Å²) in [6.45, 7) is 19.0. The number of aryl methyl sites for hydroxylation is 1. The van der Waals surface area contributed by atoms with E-state index in [-0.39, 0.29) is 23.9 Å². The molecule has 3 saturated heterocycles. The lowest BCUT2D eigenvalue weighted by atomic mass is 9.94. The lowest BCUT2D eigenvalue weighted by molar-refractivity contribution is 0.0818. The second-order valence-corrected chi connectivity index (χ2v) is 17.6. The minimum Gasteiger partial charge on any atom is -0.293 e. The first-order chi connectivity index (χ1) is 27.6. The normalized spacial score (nSPS) is 17.4. The molecule has 3 aliphatic rings. The van der Waals surface area contributed by atoms with Crippen LogP contribution in [0.3, 0.4) is 0 Å². The van der Waals surface area contributed by atoms with Crippen LogP contribution in [-0.2, 0) is 0 Å². The van der Waals surface area contributed by atoms with E-state index in [9.17, 15) is 14.4 Å². The molecule has 3 unspecified atom stereocenters. The third kappa shape index (κ3) is 14.6. The molecule has 308 valence electrons. The van der Waals surface area contributed by atoms with E-state index in [1.807, 2.05) is 79.7 Å². The molecule has 6 nitrogen and oxygen atoms in total. The molecule has 0 spiro atoms. The summed E-state index contributed by atoms with van der Waals surface area (Å²) in [6.07, 6.45) is 12.4. The molecule has 0 amide bonds. The minimum absolute atomic E-state index is 0.0607. The fourth-order valence-corrected chi connectivity index (χ4v) is 8.66. The van der Waals surface area contributed by atoms with E-state index < -0.39 is 0 Å². The van der Waals surface area contributed by atoms with Gasteiger partial charge in [-0.2, -0.15) is 0 Å². The zero-order chi connectivity index (χ0) is 41.2. The maximum Gasteiger partial charge on any atom is 0.179 e. The van der Waals surface area contributed by atoms with Gasteiger partial charge >= 0.3 is 0 Å². The summed E-state index contributed by atoms with van der Waals surface area (Å²) in [5, 5.41) is 0. The fourth-order valence-electron chi connectivity index (χ4n) is 8.31. The number of ketones is 3. The van der Waals surface area contributed by atoms with E-state index in [4.69, 9.17) is 0 Å². The van der Waals surface area contributed by atoms with Gasteiger partial charge in [-0.1, -0.05) is 101 Å². The molecule has 0 aliphatic carbocycles. The molecule has 0 saturated carbocycles.